The molecule has 0 bridgehead atoms. The van der Waals surface area contributed by atoms with Crippen LogP contribution < -0.4 is 5.32 Å². The van der Waals surface area contributed by atoms with E-state index in [-0.39, 0.29) is 0 Å². The molecule has 1 aromatic heterocycles. The Hall–Kier alpha value is -0.450. The van der Waals surface area contributed by atoms with Gasteiger partial charge in [-0.1, -0.05) is 13.8 Å². The summed E-state index contributed by atoms with van der Waals surface area (Å²) >= 11 is 1.77. The second-order valence-corrected chi connectivity index (χ2v) is 6.73. The van der Waals surface area contributed by atoms with Crippen molar-refractivity contribution >= 4 is 11.3 Å². The molecule has 1 atom stereocenters. The Balaban J connectivity index is 1.71. The summed E-state index contributed by atoms with van der Waals surface area (Å²) in [5, 5.41) is 3.60. The molecule has 3 nitrogen and oxygen atoms in total. The molecular weight excluding hydrogens is 242 g/mol. The molecule has 0 aliphatic carbocycles. The zero-order valence-electron chi connectivity index (χ0n) is 11.6. The summed E-state index contributed by atoms with van der Waals surface area (Å²) in [6.45, 7) is 10.4. The van der Waals surface area contributed by atoms with Gasteiger partial charge in [-0.2, -0.15) is 0 Å². The highest BCUT2D eigenvalue weighted by Crippen LogP contribution is 2.19. The van der Waals surface area contributed by atoms with E-state index in [1.807, 2.05) is 11.7 Å². The van der Waals surface area contributed by atoms with Gasteiger partial charge < -0.3 is 5.32 Å². The Morgan fingerprint density at radius 3 is 3.17 bits per heavy atom. The highest BCUT2D eigenvalue weighted by atomic mass is 32.1. The van der Waals surface area contributed by atoms with Crippen molar-refractivity contribution < 1.29 is 0 Å². The van der Waals surface area contributed by atoms with Gasteiger partial charge >= 0.3 is 0 Å². The highest BCUT2D eigenvalue weighted by molar-refractivity contribution is 7.09. The fourth-order valence-electron chi connectivity index (χ4n) is 2.58. The van der Waals surface area contributed by atoms with Crippen LogP contribution in [0.15, 0.2) is 11.7 Å². The van der Waals surface area contributed by atoms with Crippen molar-refractivity contribution in [1.29, 1.82) is 0 Å². The fourth-order valence-corrected chi connectivity index (χ4v) is 3.21. The summed E-state index contributed by atoms with van der Waals surface area (Å²) < 4.78 is 0. The normalized spacial score (nSPS) is 21.6. The second kappa shape index (κ2) is 7.22. The molecule has 18 heavy (non-hydrogen) atoms. The van der Waals surface area contributed by atoms with E-state index in [4.69, 9.17) is 0 Å². The summed E-state index contributed by atoms with van der Waals surface area (Å²) in [5.41, 5.74) is 1.93. The van der Waals surface area contributed by atoms with Crippen LogP contribution in [-0.2, 0) is 6.54 Å². The third kappa shape index (κ3) is 4.67. The fraction of sp³-hybridized carbons (Fsp3) is 0.786. The minimum atomic E-state index is 0.752. The van der Waals surface area contributed by atoms with Crippen molar-refractivity contribution in [3.05, 3.63) is 16.6 Å². The minimum Gasteiger partial charge on any atom is -0.316 e. The molecule has 1 unspecified atom stereocenters. The Labute approximate surface area is 115 Å². The van der Waals surface area contributed by atoms with Gasteiger partial charge in [0.25, 0.3) is 0 Å². The SMILES string of the molecule is CC(C)CNCC1CCCN(Cc2cncs2)C1. The first-order valence-corrected chi connectivity index (χ1v) is 7.92. The summed E-state index contributed by atoms with van der Waals surface area (Å²) in [6, 6.07) is 0. The number of thiazole rings is 1. The van der Waals surface area contributed by atoms with Crippen LogP contribution in [0.1, 0.15) is 31.6 Å². The first kappa shape index (κ1) is 14.0. The van der Waals surface area contributed by atoms with Crippen molar-refractivity contribution in [2.45, 2.75) is 33.2 Å². The summed E-state index contributed by atoms with van der Waals surface area (Å²) in [4.78, 5) is 8.13. The van der Waals surface area contributed by atoms with Crippen LogP contribution >= 0.6 is 11.3 Å². The van der Waals surface area contributed by atoms with Crippen LogP contribution in [0.25, 0.3) is 0 Å². The second-order valence-electron chi connectivity index (χ2n) is 5.76. The van der Waals surface area contributed by atoms with Crippen LogP contribution in [-0.4, -0.2) is 36.1 Å². The van der Waals surface area contributed by atoms with Gasteiger partial charge in [0.05, 0.1) is 5.51 Å². The molecule has 1 aromatic rings. The third-order valence-electron chi connectivity index (χ3n) is 3.45. The summed E-state index contributed by atoms with van der Waals surface area (Å²) in [5.74, 6) is 1.58. The number of likely N-dealkylation sites (tertiary alicyclic amines) is 1. The lowest BCUT2D eigenvalue weighted by molar-refractivity contribution is 0.166. The van der Waals surface area contributed by atoms with Gasteiger partial charge in [0, 0.05) is 24.2 Å². The largest absolute Gasteiger partial charge is 0.316 e. The zero-order chi connectivity index (χ0) is 12.8. The average Bonchev–Trinajstić information content (AvgIpc) is 2.82. The predicted molar refractivity (Wildman–Crippen MR) is 77.8 cm³/mol. The predicted octanol–water partition coefficient (Wildman–Crippen LogP) is 2.60. The van der Waals surface area contributed by atoms with Gasteiger partial charge in [-0.15, -0.1) is 11.3 Å². The molecule has 1 aliphatic heterocycles. The Kier molecular flexibility index (Phi) is 5.60. The minimum absolute atomic E-state index is 0.752. The van der Waals surface area contributed by atoms with Crippen LogP contribution in [0.2, 0.25) is 0 Å². The smallest absolute Gasteiger partial charge is 0.0794 e. The monoisotopic (exact) mass is 267 g/mol. The highest BCUT2D eigenvalue weighted by Gasteiger charge is 2.19. The van der Waals surface area contributed by atoms with Crippen molar-refractivity contribution in [3.8, 4) is 0 Å². The molecule has 0 aromatic carbocycles. The standard InChI is InChI=1S/C14H25N3S/c1-12(2)6-15-7-13-4-3-5-17(9-13)10-14-8-16-11-18-14/h8,11-13,15H,3-7,9-10H2,1-2H3. The van der Waals surface area contributed by atoms with E-state index in [1.165, 1.54) is 37.4 Å². The molecule has 2 heterocycles. The van der Waals surface area contributed by atoms with E-state index in [2.05, 4.69) is 29.0 Å². The average molecular weight is 267 g/mol. The molecule has 4 heteroatoms. The maximum atomic E-state index is 4.16. The molecule has 1 fully saturated rings. The third-order valence-corrected chi connectivity index (χ3v) is 4.22. The van der Waals surface area contributed by atoms with Crippen molar-refractivity contribution in [2.75, 3.05) is 26.2 Å². The van der Waals surface area contributed by atoms with Crippen molar-refractivity contribution in [1.82, 2.24) is 15.2 Å². The quantitative estimate of drug-likeness (QED) is 0.859. The van der Waals surface area contributed by atoms with Gasteiger partial charge in [-0.05, 0) is 44.3 Å². The molecule has 102 valence electrons. The maximum absolute atomic E-state index is 4.16. The lowest BCUT2D eigenvalue weighted by atomic mass is 9.98. The molecule has 0 amide bonds. The number of aromatic nitrogens is 1. The Morgan fingerprint density at radius 2 is 2.44 bits per heavy atom. The van der Waals surface area contributed by atoms with Gasteiger partial charge in [-0.25, -0.2) is 0 Å². The van der Waals surface area contributed by atoms with E-state index >= 15 is 0 Å². The molecular formula is C14H25N3S. The topological polar surface area (TPSA) is 28.2 Å². The molecule has 0 saturated carbocycles. The molecule has 1 N–H and O–H groups in total. The van der Waals surface area contributed by atoms with Gasteiger partial charge in [0.2, 0.25) is 0 Å². The van der Waals surface area contributed by atoms with E-state index in [1.54, 1.807) is 11.3 Å². The number of nitrogens with zero attached hydrogens (tertiary/aromatic N) is 2. The summed E-state index contributed by atoms with van der Waals surface area (Å²) in [7, 11) is 0. The summed E-state index contributed by atoms with van der Waals surface area (Å²) in [6.07, 6.45) is 4.72. The van der Waals surface area contributed by atoms with E-state index in [9.17, 15) is 0 Å². The Morgan fingerprint density at radius 1 is 1.56 bits per heavy atom. The van der Waals surface area contributed by atoms with Crippen LogP contribution in [0.5, 0.6) is 0 Å². The molecule has 0 radical (unpaired) electrons. The number of nitrogens with one attached hydrogen (secondary N) is 1. The van der Waals surface area contributed by atoms with E-state index in [0.29, 0.717) is 0 Å². The van der Waals surface area contributed by atoms with Crippen molar-refractivity contribution in [3.63, 3.8) is 0 Å². The van der Waals surface area contributed by atoms with E-state index < -0.39 is 0 Å². The lowest BCUT2D eigenvalue weighted by Gasteiger charge is -2.32. The van der Waals surface area contributed by atoms with Gasteiger partial charge in [-0.3, -0.25) is 9.88 Å². The number of hydrogen-bond acceptors (Lipinski definition) is 4. The van der Waals surface area contributed by atoms with Crippen LogP contribution in [0.3, 0.4) is 0 Å². The van der Waals surface area contributed by atoms with Gasteiger partial charge in [0.15, 0.2) is 0 Å². The molecule has 2 rings (SSSR count). The Bertz CT molecular complexity index is 324. The number of piperidine rings is 1. The molecule has 0 spiro atoms. The van der Waals surface area contributed by atoms with Crippen LogP contribution in [0, 0.1) is 11.8 Å². The van der Waals surface area contributed by atoms with Gasteiger partial charge in [0.1, 0.15) is 0 Å². The van der Waals surface area contributed by atoms with Crippen LogP contribution in [0.4, 0.5) is 0 Å². The lowest BCUT2D eigenvalue weighted by Crippen LogP contribution is -2.39. The van der Waals surface area contributed by atoms with E-state index in [0.717, 1.165) is 24.9 Å². The first-order chi connectivity index (χ1) is 8.74. The maximum Gasteiger partial charge on any atom is 0.0794 e. The van der Waals surface area contributed by atoms with Crippen molar-refractivity contribution in [2.24, 2.45) is 11.8 Å². The molecule has 1 aliphatic rings. The molecule has 1 saturated heterocycles. The number of rotatable bonds is 6. The zero-order valence-corrected chi connectivity index (χ0v) is 12.4. The first-order valence-electron chi connectivity index (χ1n) is 7.04. The number of hydrogen-bond donors (Lipinski definition) is 1.